The van der Waals surface area contributed by atoms with E-state index in [1.807, 2.05) is 0 Å². The highest BCUT2D eigenvalue weighted by Gasteiger charge is 2.10. The first kappa shape index (κ1) is 13.7. The van der Waals surface area contributed by atoms with E-state index in [2.05, 4.69) is 10.9 Å². The van der Waals surface area contributed by atoms with Gasteiger partial charge in [0.2, 0.25) is 5.91 Å². The van der Waals surface area contributed by atoms with Crippen LogP contribution in [-0.4, -0.2) is 18.9 Å². The summed E-state index contributed by atoms with van der Waals surface area (Å²) in [5.74, 6) is -0.0336. The molecule has 2 rings (SSSR count). The molecule has 2 N–H and O–H groups in total. The third kappa shape index (κ3) is 3.61. The second kappa shape index (κ2) is 6.42. The summed E-state index contributed by atoms with van der Waals surface area (Å²) in [4.78, 5) is 23.2. The Bertz CT molecular complexity index is 593. The Kier molecular flexibility index (Phi) is 4.39. The molecule has 0 unspecified atom stereocenters. The average Bonchev–Trinajstić information content (AvgIpc) is 2.99. The molecule has 0 saturated heterocycles. The molecule has 104 valence electrons. The number of hydrogen-bond donors (Lipinski definition) is 2. The van der Waals surface area contributed by atoms with Crippen molar-refractivity contribution in [2.45, 2.75) is 6.42 Å². The Labute approximate surface area is 115 Å². The number of rotatable bonds is 4. The van der Waals surface area contributed by atoms with Gasteiger partial charge in [-0.3, -0.25) is 20.4 Å². The van der Waals surface area contributed by atoms with Crippen molar-refractivity contribution in [1.82, 2.24) is 10.9 Å². The van der Waals surface area contributed by atoms with Crippen LogP contribution < -0.4 is 15.6 Å². The van der Waals surface area contributed by atoms with Crippen LogP contribution in [0.4, 0.5) is 0 Å². The summed E-state index contributed by atoms with van der Waals surface area (Å²) in [6.45, 7) is 0. The lowest BCUT2D eigenvalue weighted by Crippen LogP contribution is -2.42. The summed E-state index contributed by atoms with van der Waals surface area (Å²) < 4.78 is 9.97. The number of carbonyl (C=O) groups is 2. The van der Waals surface area contributed by atoms with Crippen LogP contribution in [0.5, 0.6) is 5.75 Å². The molecule has 0 fully saturated rings. The van der Waals surface area contributed by atoms with Crippen molar-refractivity contribution >= 4 is 11.8 Å². The van der Waals surface area contributed by atoms with Crippen molar-refractivity contribution in [2.24, 2.45) is 0 Å². The first-order valence-electron chi connectivity index (χ1n) is 5.94. The minimum absolute atomic E-state index is 0.131. The van der Waals surface area contributed by atoms with Crippen molar-refractivity contribution in [3.63, 3.8) is 0 Å². The van der Waals surface area contributed by atoms with Gasteiger partial charge in [0, 0.05) is 0 Å². The van der Waals surface area contributed by atoms with Crippen LogP contribution in [0.1, 0.15) is 16.1 Å². The zero-order chi connectivity index (χ0) is 14.4. The smallest absolute Gasteiger partial charge is 0.305 e. The third-order valence-electron chi connectivity index (χ3n) is 2.56. The molecule has 1 heterocycles. The van der Waals surface area contributed by atoms with Gasteiger partial charge in [-0.2, -0.15) is 0 Å². The van der Waals surface area contributed by atoms with Gasteiger partial charge in [-0.1, -0.05) is 12.1 Å². The average molecular weight is 274 g/mol. The van der Waals surface area contributed by atoms with Crippen LogP contribution in [0.25, 0.3) is 0 Å². The van der Waals surface area contributed by atoms with Crippen molar-refractivity contribution in [3.8, 4) is 5.75 Å². The molecule has 1 aromatic heterocycles. The maximum Gasteiger partial charge on any atom is 0.305 e. The van der Waals surface area contributed by atoms with Gasteiger partial charge in [0.05, 0.1) is 19.8 Å². The highest BCUT2D eigenvalue weighted by atomic mass is 16.5. The van der Waals surface area contributed by atoms with Crippen LogP contribution in [-0.2, 0) is 11.2 Å². The van der Waals surface area contributed by atoms with Crippen molar-refractivity contribution in [2.75, 3.05) is 7.11 Å². The van der Waals surface area contributed by atoms with Crippen LogP contribution in [0.3, 0.4) is 0 Å². The summed E-state index contributed by atoms with van der Waals surface area (Å²) >= 11 is 0. The first-order chi connectivity index (χ1) is 9.69. The van der Waals surface area contributed by atoms with E-state index in [1.165, 1.54) is 12.3 Å². The van der Waals surface area contributed by atoms with Gasteiger partial charge in [0.15, 0.2) is 5.76 Å². The molecule has 6 nitrogen and oxygen atoms in total. The Morgan fingerprint density at radius 3 is 2.75 bits per heavy atom. The van der Waals surface area contributed by atoms with E-state index < -0.39 is 5.91 Å². The fourth-order valence-electron chi connectivity index (χ4n) is 1.61. The monoisotopic (exact) mass is 274 g/mol. The van der Waals surface area contributed by atoms with Gasteiger partial charge >= 0.3 is 5.91 Å². The Morgan fingerprint density at radius 2 is 2.05 bits per heavy atom. The predicted octanol–water partition coefficient (Wildman–Crippen LogP) is 1.29. The van der Waals surface area contributed by atoms with Crippen molar-refractivity contribution in [1.29, 1.82) is 0 Å². The number of amides is 2. The lowest BCUT2D eigenvalue weighted by atomic mass is 10.1. The van der Waals surface area contributed by atoms with Gasteiger partial charge in [-0.05, 0) is 29.8 Å². The summed E-state index contributed by atoms with van der Waals surface area (Å²) in [7, 11) is 1.56. The van der Waals surface area contributed by atoms with E-state index in [-0.39, 0.29) is 18.1 Å². The molecule has 6 heteroatoms. The van der Waals surface area contributed by atoms with Gasteiger partial charge in [-0.15, -0.1) is 0 Å². The van der Waals surface area contributed by atoms with Crippen molar-refractivity contribution in [3.05, 3.63) is 54.0 Å². The fourth-order valence-corrected chi connectivity index (χ4v) is 1.61. The van der Waals surface area contributed by atoms with Gasteiger partial charge in [0.1, 0.15) is 5.75 Å². The highest BCUT2D eigenvalue weighted by Crippen LogP contribution is 2.12. The summed E-state index contributed by atoms with van der Waals surface area (Å²) in [6.07, 6.45) is 1.52. The van der Waals surface area contributed by atoms with E-state index in [4.69, 9.17) is 9.15 Å². The van der Waals surface area contributed by atoms with E-state index >= 15 is 0 Å². The molecule has 0 saturated carbocycles. The van der Waals surface area contributed by atoms with Crippen molar-refractivity contribution < 1.29 is 18.7 Å². The Morgan fingerprint density at radius 1 is 1.20 bits per heavy atom. The maximum atomic E-state index is 11.7. The molecule has 0 aliphatic carbocycles. The molecule has 1 aromatic carbocycles. The third-order valence-corrected chi connectivity index (χ3v) is 2.56. The first-order valence-corrected chi connectivity index (χ1v) is 5.94. The lowest BCUT2D eigenvalue weighted by Gasteiger charge is -2.07. The SMILES string of the molecule is COc1cccc(CC(=O)NNC(=O)c2ccco2)c1. The molecular formula is C14H14N2O4. The van der Waals surface area contributed by atoms with Gasteiger partial charge in [-0.25, -0.2) is 0 Å². The topological polar surface area (TPSA) is 80.6 Å². The molecule has 20 heavy (non-hydrogen) atoms. The Hall–Kier alpha value is -2.76. The molecule has 0 aliphatic rings. The van der Waals surface area contributed by atoms with Crippen LogP contribution in [0, 0.1) is 0 Å². The normalized spacial score (nSPS) is 9.85. The summed E-state index contributed by atoms with van der Waals surface area (Å²) in [5.41, 5.74) is 5.37. The van der Waals surface area contributed by atoms with E-state index in [9.17, 15) is 9.59 Å². The van der Waals surface area contributed by atoms with E-state index in [1.54, 1.807) is 37.4 Å². The molecule has 0 spiro atoms. The molecule has 0 atom stereocenters. The maximum absolute atomic E-state index is 11.7. The molecule has 0 radical (unpaired) electrons. The van der Waals surface area contributed by atoms with Crippen LogP contribution in [0.2, 0.25) is 0 Å². The number of ether oxygens (including phenoxy) is 1. The zero-order valence-corrected chi connectivity index (χ0v) is 10.9. The number of furan rings is 1. The Balaban J connectivity index is 1.85. The fraction of sp³-hybridized carbons (Fsp3) is 0.143. The van der Waals surface area contributed by atoms with E-state index in [0.717, 1.165) is 5.56 Å². The van der Waals surface area contributed by atoms with Gasteiger partial charge < -0.3 is 9.15 Å². The summed E-state index contributed by atoms with van der Waals surface area (Å²) in [6, 6.07) is 10.2. The minimum atomic E-state index is -0.506. The number of benzene rings is 1. The molecular weight excluding hydrogens is 260 g/mol. The predicted molar refractivity (Wildman–Crippen MR) is 71.0 cm³/mol. The number of hydrogen-bond acceptors (Lipinski definition) is 4. The molecule has 0 aliphatic heterocycles. The number of nitrogens with one attached hydrogen (secondary N) is 2. The van der Waals surface area contributed by atoms with Crippen LogP contribution in [0.15, 0.2) is 47.1 Å². The van der Waals surface area contributed by atoms with Gasteiger partial charge in [0.25, 0.3) is 0 Å². The zero-order valence-electron chi connectivity index (χ0n) is 10.9. The lowest BCUT2D eigenvalue weighted by molar-refractivity contribution is -0.121. The molecule has 0 bridgehead atoms. The largest absolute Gasteiger partial charge is 0.497 e. The molecule has 2 aromatic rings. The minimum Gasteiger partial charge on any atom is -0.497 e. The number of carbonyl (C=O) groups excluding carboxylic acids is 2. The molecule has 2 amide bonds. The van der Waals surface area contributed by atoms with E-state index in [0.29, 0.717) is 5.75 Å². The number of hydrazine groups is 1. The second-order valence-corrected chi connectivity index (χ2v) is 4.01. The highest BCUT2D eigenvalue weighted by molar-refractivity contribution is 5.93. The summed E-state index contributed by atoms with van der Waals surface area (Å²) in [5, 5.41) is 0. The van der Waals surface area contributed by atoms with Crippen LogP contribution >= 0.6 is 0 Å². The standard InChI is InChI=1S/C14H14N2O4/c1-19-11-5-2-4-10(8-11)9-13(17)15-16-14(18)12-6-3-7-20-12/h2-8H,9H2,1H3,(H,15,17)(H,16,18). The quantitative estimate of drug-likeness (QED) is 0.823. The number of methoxy groups -OCH3 is 1. The second-order valence-electron chi connectivity index (χ2n) is 4.01.